The zero-order valence-electron chi connectivity index (χ0n) is 15.1. The van der Waals surface area contributed by atoms with Crippen molar-refractivity contribution in [3.8, 4) is 0 Å². The van der Waals surface area contributed by atoms with Gasteiger partial charge in [0, 0.05) is 25.4 Å². The molecule has 0 aromatic heterocycles. The predicted molar refractivity (Wildman–Crippen MR) is 95.1 cm³/mol. The third kappa shape index (κ3) is 5.03. The molecule has 9 heteroatoms. The van der Waals surface area contributed by atoms with Crippen molar-refractivity contribution in [3.63, 3.8) is 0 Å². The van der Waals surface area contributed by atoms with Crippen molar-refractivity contribution in [3.05, 3.63) is 24.3 Å². The smallest absolute Gasteiger partial charge is 0.335 e. The van der Waals surface area contributed by atoms with Crippen LogP contribution in [-0.4, -0.2) is 57.0 Å². The number of hydrogen-bond acceptors (Lipinski definition) is 6. The summed E-state index contributed by atoms with van der Waals surface area (Å²) in [6, 6.07) is 5.64. The lowest BCUT2D eigenvalue weighted by Gasteiger charge is -2.21. The van der Waals surface area contributed by atoms with E-state index in [1.807, 2.05) is 0 Å². The van der Waals surface area contributed by atoms with E-state index in [-0.39, 0.29) is 10.9 Å². The molecule has 1 fully saturated rings. The van der Waals surface area contributed by atoms with E-state index in [0.29, 0.717) is 18.7 Å². The Balaban J connectivity index is 1.90. The molecule has 8 nitrogen and oxygen atoms in total. The molecule has 0 aliphatic carbocycles. The fourth-order valence-electron chi connectivity index (χ4n) is 2.34. The highest BCUT2D eigenvalue weighted by molar-refractivity contribution is 7.89. The zero-order chi connectivity index (χ0) is 19.3. The van der Waals surface area contributed by atoms with Gasteiger partial charge in [-0.15, -0.1) is 0 Å². The molecule has 1 amide bonds. The summed E-state index contributed by atoms with van der Waals surface area (Å²) >= 11 is 0. The fraction of sp³-hybridized carbons (Fsp3) is 0.529. The first-order valence-electron chi connectivity index (χ1n) is 8.38. The highest BCUT2D eigenvalue weighted by Gasteiger charge is 2.26. The highest BCUT2D eigenvalue weighted by atomic mass is 32.2. The number of ether oxygens (including phenoxy) is 2. The molecule has 1 saturated heterocycles. The van der Waals surface area contributed by atoms with Gasteiger partial charge >= 0.3 is 5.97 Å². The summed E-state index contributed by atoms with van der Waals surface area (Å²) in [6.07, 6.45) is 0.805. The summed E-state index contributed by atoms with van der Waals surface area (Å²) in [6.45, 7) is 3.66. The Labute approximate surface area is 153 Å². The van der Waals surface area contributed by atoms with Crippen LogP contribution in [0.5, 0.6) is 0 Å². The van der Waals surface area contributed by atoms with E-state index in [0.717, 1.165) is 6.42 Å². The molecule has 2 rings (SSSR count). The van der Waals surface area contributed by atoms with E-state index in [1.165, 1.54) is 35.6 Å². The van der Waals surface area contributed by atoms with Gasteiger partial charge in [0.25, 0.3) is 5.91 Å². The number of anilines is 1. The molecule has 1 aromatic rings. The monoisotopic (exact) mass is 384 g/mol. The van der Waals surface area contributed by atoms with Gasteiger partial charge in [-0.25, -0.2) is 13.2 Å². The number of benzene rings is 1. The third-order valence-electron chi connectivity index (χ3n) is 4.08. The molecule has 1 aromatic carbocycles. The van der Waals surface area contributed by atoms with Gasteiger partial charge in [-0.1, -0.05) is 0 Å². The Morgan fingerprint density at radius 3 is 2.50 bits per heavy atom. The molecular formula is C17H24N2O6S. The van der Waals surface area contributed by atoms with Crippen molar-refractivity contribution in [1.29, 1.82) is 0 Å². The van der Waals surface area contributed by atoms with E-state index in [2.05, 4.69) is 5.32 Å². The van der Waals surface area contributed by atoms with Crippen LogP contribution >= 0.6 is 0 Å². The van der Waals surface area contributed by atoms with Gasteiger partial charge in [0.2, 0.25) is 10.0 Å². The summed E-state index contributed by atoms with van der Waals surface area (Å²) in [5.41, 5.74) is 0.411. The van der Waals surface area contributed by atoms with Crippen LogP contribution in [-0.2, 0) is 29.1 Å². The molecule has 0 spiro atoms. The lowest BCUT2D eigenvalue weighted by Crippen LogP contribution is -2.33. The minimum Gasteiger partial charge on any atom is -0.454 e. The molecule has 0 saturated carbocycles. The minimum absolute atomic E-state index is 0.136. The van der Waals surface area contributed by atoms with Gasteiger partial charge in [-0.3, -0.25) is 4.79 Å². The van der Waals surface area contributed by atoms with Crippen molar-refractivity contribution in [2.24, 2.45) is 0 Å². The molecule has 0 radical (unpaired) electrons. The van der Waals surface area contributed by atoms with Gasteiger partial charge < -0.3 is 14.8 Å². The van der Waals surface area contributed by atoms with Crippen LogP contribution in [0.4, 0.5) is 5.69 Å². The summed E-state index contributed by atoms with van der Waals surface area (Å²) in [5, 5.41) is 2.55. The number of nitrogens with zero attached hydrogens (tertiary/aromatic N) is 1. The largest absolute Gasteiger partial charge is 0.454 e. The number of carbonyl (C=O) groups excluding carboxylic acids is 2. The van der Waals surface area contributed by atoms with Crippen LogP contribution in [0.2, 0.25) is 0 Å². The lowest BCUT2D eigenvalue weighted by molar-refractivity contribution is -0.156. The van der Waals surface area contributed by atoms with Crippen molar-refractivity contribution in [1.82, 2.24) is 4.31 Å². The van der Waals surface area contributed by atoms with Crippen molar-refractivity contribution < 1.29 is 27.5 Å². The Bertz CT molecular complexity index is 739. The van der Waals surface area contributed by atoms with E-state index in [1.54, 1.807) is 13.8 Å². The molecule has 1 aliphatic rings. The van der Waals surface area contributed by atoms with Crippen LogP contribution in [0.1, 0.15) is 26.7 Å². The average Bonchev–Trinajstić information content (AvgIpc) is 3.14. The number of esters is 1. The maximum absolute atomic E-state index is 12.4. The summed E-state index contributed by atoms with van der Waals surface area (Å²) in [7, 11) is -2.07. The summed E-state index contributed by atoms with van der Waals surface area (Å²) in [4.78, 5) is 23.7. The van der Waals surface area contributed by atoms with E-state index < -0.39 is 34.6 Å². The van der Waals surface area contributed by atoms with Crippen molar-refractivity contribution in [2.45, 2.75) is 43.7 Å². The number of nitrogens with one attached hydrogen (secondary N) is 1. The lowest BCUT2D eigenvalue weighted by atomic mass is 10.2. The van der Waals surface area contributed by atoms with E-state index >= 15 is 0 Å². The van der Waals surface area contributed by atoms with Gasteiger partial charge in [0.15, 0.2) is 12.7 Å². The second-order valence-electron chi connectivity index (χ2n) is 6.30. The number of hydrogen-bond donors (Lipinski definition) is 1. The number of sulfonamides is 1. The predicted octanol–water partition coefficient (Wildman–Crippen LogP) is 1.38. The fourth-order valence-corrected chi connectivity index (χ4v) is 3.71. The molecule has 0 bridgehead atoms. The number of amides is 1. The maximum atomic E-state index is 12.4. The molecule has 1 heterocycles. The highest BCUT2D eigenvalue weighted by Crippen LogP contribution is 2.19. The Kier molecular flexibility index (Phi) is 6.74. The number of rotatable bonds is 7. The zero-order valence-corrected chi connectivity index (χ0v) is 15.9. The minimum atomic E-state index is -3.58. The van der Waals surface area contributed by atoms with Gasteiger partial charge in [0.05, 0.1) is 4.90 Å². The van der Waals surface area contributed by atoms with Crippen LogP contribution in [0.25, 0.3) is 0 Å². The van der Waals surface area contributed by atoms with Crippen LogP contribution in [0, 0.1) is 0 Å². The van der Waals surface area contributed by atoms with Crippen LogP contribution < -0.4 is 5.32 Å². The second kappa shape index (κ2) is 8.61. The first-order chi connectivity index (χ1) is 12.2. The second-order valence-corrected chi connectivity index (χ2v) is 8.29. The Morgan fingerprint density at radius 2 is 1.96 bits per heavy atom. The maximum Gasteiger partial charge on any atom is 0.335 e. The average molecular weight is 384 g/mol. The Morgan fingerprint density at radius 1 is 1.31 bits per heavy atom. The normalized spacial score (nSPS) is 17.5. The van der Waals surface area contributed by atoms with Crippen molar-refractivity contribution in [2.75, 3.05) is 25.6 Å². The van der Waals surface area contributed by atoms with Gasteiger partial charge in [0.1, 0.15) is 0 Å². The molecule has 1 aliphatic heterocycles. The molecule has 1 atom stereocenters. The molecule has 0 unspecified atom stereocenters. The van der Waals surface area contributed by atoms with Crippen LogP contribution in [0.15, 0.2) is 29.2 Å². The first-order valence-corrected chi connectivity index (χ1v) is 9.82. The quantitative estimate of drug-likeness (QED) is 0.713. The van der Waals surface area contributed by atoms with Gasteiger partial charge in [-0.2, -0.15) is 4.31 Å². The topological polar surface area (TPSA) is 102 Å². The molecular weight excluding hydrogens is 360 g/mol. The molecule has 1 N–H and O–H groups in total. The first kappa shape index (κ1) is 20.3. The number of carbonyl (C=O) groups is 2. The van der Waals surface area contributed by atoms with E-state index in [9.17, 15) is 18.0 Å². The van der Waals surface area contributed by atoms with Gasteiger partial charge in [-0.05, 0) is 51.0 Å². The van der Waals surface area contributed by atoms with Crippen LogP contribution in [0.3, 0.4) is 0 Å². The molecule has 26 heavy (non-hydrogen) atoms. The Hall–Kier alpha value is -1.97. The SMILES string of the molecule is CC(C)N(C)S(=O)(=O)c1ccc(NC(=O)COC(=O)[C@H]2CCCO2)cc1. The standard InChI is InChI=1S/C17H24N2O6S/c1-12(2)19(3)26(22,23)14-8-6-13(7-9-14)18-16(20)11-25-17(21)15-5-4-10-24-15/h6-9,12,15H,4-5,10-11H2,1-3H3,(H,18,20)/t15-/m1/s1. The van der Waals surface area contributed by atoms with Crippen molar-refractivity contribution >= 4 is 27.6 Å². The third-order valence-corrected chi connectivity index (χ3v) is 6.13. The summed E-state index contributed by atoms with van der Waals surface area (Å²) in [5.74, 6) is -1.05. The summed E-state index contributed by atoms with van der Waals surface area (Å²) < 4.78 is 36.1. The van der Waals surface area contributed by atoms with E-state index in [4.69, 9.17) is 9.47 Å². The molecule has 144 valence electrons.